The van der Waals surface area contributed by atoms with Crippen LogP contribution >= 0.6 is 0 Å². The Bertz CT molecular complexity index is 430. The van der Waals surface area contributed by atoms with E-state index in [2.05, 4.69) is 22.6 Å². The molecule has 0 spiro atoms. The van der Waals surface area contributed by atoms with E-state index in [1.54, 1.807) is 0 Å². The number of piperidine rings is 1. The molecular weight excluding hydrogens is 250 g/mol. The molecule has 110 valence electrons. The van der Waals surface area contributed by atoms with Crippen LogP contribution in [0.3, 0.4) is 0 Å². The highest BCUT2D eigenvalue weighted by atomic mass is 16.1. The Kier molecular flexibility index (Phi) is 5.41. The first-order valence-electron chi connectivity index (χ1n) is 7.49. The second kappa shape index (κ2) is 7.29. The summed E-state index contributed by atoms with van der Waals surface area (Å²) in [6.45, 7) is 5.28. The lowest BCUT2D eigenvalue weighted by Crippen LogP contribution is -2.35. The number of hydrogen-bond acceptors (Lipinski definition) is 3. The fourth-order valence-corrected chi connectivity index (χ4v) is 2.62. The number of nitrogens with zero attached hydrogens (tertiary/aromatic N) is 1. The largest absolute Gasteiger partial charge is 0.385 e. The molecule has 0 aliphatic carbocycles. The highest BCUT2D eigenvalue weighted by Crippen LogP contribution is 2.18. The maximum atomic E-state index is 11.3. The molecule has 0 radical (unpaired) electrons. The van der Waals surface area contributed by atoms with E-state index in [4.69, 9.17) is 0 Å². The van der Waals surface area contributed by atoms with Gasteiger partial charge in [-0.2, -0.15) is 0 Å². The molecule has 0 saturated carbocycles. The molecule has 1 aromatic carbocycles. The van der Waals surface area contributed by atoms with Crippen LogP contribution in [-0.4, -0.2) is 37.5 Å². The maximum absolute atomic E-state index is 11.3. The predicted molar refractivity (Wildman–Crippen MR) is 84.1 cm³/mol. The Balaban J connectivity index is 1.80. The number of carbonyl (C=O) groups excluding carboxylic acids is 1. The van der Waals surface area contributed by atoms with E-state index in [9.17, 15) is 4.79 Å². The summed E-state index contributed by atoms with van der Waals surface area (Å²) in [5.41, 5.74) is 1.98. The van der Waals surface area contributed by atoms with Crippen LogP contribution in [0, 0.1) is 5.92 Å². The van der Waals surface area contributed by atoms with Crippen LogP contribution in [0.2, 0.25) is 0 Å². The zero-order valence-corrected chi connectivity index (χ0v) is 12.5. The summed E-state index contributed by atoms with van der Waals surface area (Å²) in [5, 5.41) is 6.35. The van der Waals surface area contributed by atoms with Crippen LogP contribution in [0.5, 0.6) is 0 Å². The van der Waals surface area contributed by atoms with E-state index in [-0.39, 0.29) is 5.91 Å². The van der Waals surface area contributed by atoms with Crippen LogP contribution in [0.15, 0.2) is 24.3 Å². The number of benzene rings is 1. The number of nitrogens with one attached hydrogen (secondary N) is 2. The van der Waals surface area contributed by atoms with Crippen molar-refractivity contribution in [2.24, 2.45) is 5.92 Å². The van der Waals surface area contributed by atoms with Gasteiger partial charge in [-0.05, 0) is 56.6 Å². The molecule has 1 heterocycles. The van der Waals surface area contributed by atoms with Crippen LogP contribution in [0.1, 0.15) is 26.2 Å². The average Bonchev–Trinajstić information content (AvgIpc) is 2.46. The van der Waals surface area contributed by atoms with E-state index >= 15 is 0 Å². The van der Waals surface area contributed by atoms with Gasteiger partial charge in [0.15, 0.2) is 0 Å². The summed E-state index contributed by atoms with van der Waals surface area (Å²) >= 11 is 0. The summed E-state index contributed by atoms with van der Waals surface area (Å²) < 4.78 is 0. The Morgan fingerprint density at radius 2 is 2.00 bits per heavy atom. The van der Waals surface area contributed by atoms with Gasteiger partial charge in [-0.15, -0.1) is 0 Å². The number of amides is 1. The molecule has 0 bridgehead atoms. The first-order valence-corrected chi connectivity index (χ1v) is 7.49. The molecule has 1 aliphatic rings. The first-order chi connectivity index (χ1) is 9.67. The van der Waals surface area contributed by atoms with Crippen LogP contribution in [0.25, 0.3) is 0 Å². The third-order valence-corrected chi connectivity index (χ3v) is 3.81. The quantitative estimate of drug-likeness (QED) is 0.868. The molecule has 1 saturated heterocycles. The fraction of sp³-hybridized carbons (Fsp3) is 0.562. The van der Waals surface area contributed by atoms with Crippen LogP contribution in [-0.2, 0) is 4.79 Å². The monoisotopic (exact) mass is 275 g/mol. The lowest BCUT2D eigenvalue weighted by atomic mass is 9.98. The highest BCUT2D eigenvalue weighted by Gasteiger charge is 2.16. The van der Waals surface area contributed by atoms with E-state index < -0.39 is 0 Å². The van der Waals surface area contributed by atoms with Gasteiger partial charge >= 0.3 is 0 Å². The molecule has 4 nitrogen and oxygen atoms in total. The van der Waals surface area contributed by atoms with Crippen LogP contribution in [0.4, 0.5) is 11.4 Å². The van der Waals surface area contributed by atoms with Crippen molar-refractivity contribution in [2.45, 2.75) is 26.2 Å². The third kappa shape index (κ3) is 4.53. The van der Waals surface area contributed by atoms with Gasteiger partial charge in [-0.1, -0.05) is 6.92 Å². The summed E-state index contributed by atoms with van der Waals surface area (Å²) in [5.74, 6) is 0.782. The molecule has 2 N–H and O–H groups in total. The standard InChI is InChI=1S/C16H25N3O/c1-3-16(20)18-15-8-6-14(7-9-15)17-11-13-5-4-10-19(2)12-13/h6-9,13,17H,3-5,10-12H2,1-2H3,(H,18,20). The Morgan fingerprint density at radius 3 is 2.65 bits per heavy atom. The molecule has 0 aromatic heterocycles. The minimum Gasteiger partial charge on any atom is -0.385 e. The minimum atomic E-state index is 0.0518. The lowest BCUT2D eigenvalue weighted by Gasteiger charge is -2.30. The van der Waals surface area contributed by atoms with Crippen molar-refractivity contribution in [2.75, 3.05) is 37.3 Å². The van der Waals surface area contributed by atoms with Crippen molar-refractivity contribution in [3.8, 4) is 0 Å². The SMILES string of the molecule is CCC(=O)Nc1ccc(NCC2CCCN(C)C2)cc1. The third-order valence-electron chi connectivity index (χ3n) is 3.81. The number of hydrogen-bond donors (Lipinski definition) is 2. The van der Waals surface area contributed by atoms with Gasteiger partial charge in [0.25, 0.3) is 0 Å². The summed E-state index contributed by atoms with van der Waals surface area (Å²) in [7, 11) is 2.19. The van der Waals surface area contributed by atoms with Crippen molar-refractivity contribution in [3.05, 3.63) is 24.3 Å². The number of rotatable bonds is 5. The smallest absolute Gasteiger partial charge is 0.224 e. The van der Waals surface area contributed by atoms with E-state index in [0.717, 1.165) is 23.8 Å². The van der Waals surface area contributed by atoms with Crippen LogP contribution < -0.4 is 10.6 Å². The molecule has 1 aromatic rings. The molecule has 2 rings (SSSR count). The molecule has 1 fully saturated rings. The van der Waals surface area contributed by atoms with Gasteiger partial charge in [0.2, 0.25) is 5.91 Å². The molecular formula is C16H25N3O. The zero-order valence-electron chi connectivity index (χ0n) is 12.5. The second-order valence-electron chi connectivity index (χ2n) is 5.63. The van der Waals surface area contributed by atoms with Gasteiger partial charge in [0.05, 0.1) is 0 Å². The second-order valence-corrected chi connectivity index (χ2v) is 5.63. The Hall–Kier alpha value is -1.55. The van der Waals surface area contributed by atoms with E-state index in [1.165, 1.54) is 25.9 Å². The van der Waals surface area contributed by atoms with Gasteiger partial charge < -0.3 is 15.5 Å². The Labute approximate surface area is 121 Å². The van der Waals surface area contributed by atoms with Crippen molar-refractivity contribution in [3.63, 3.8) is 0 Å². The van der Waals surface area contributed by atoms with Gasteiger partial charge in [-0.25, -0.2) is 0 Å². The number of carbonyl (C=O) groups is 1. The van der Waals surface area contributed by atoms with Gasteiger partial charge in [0.1, 0.15) is 0 Å². The molecule has 1 unspecified atom stereocenters. The van der Waals surface area contributed by atoms with E-state index in [1.807, 2.05) is 31.2 Å². The van der Waals surface area contributed by atoms with Crippen molar-refractivity contribution in [1.29, 1.82) is 0 Å². The minimum absolute atomic E-state index is 0.0518. The van der Waals surface area contributed by atoms with E-state index in [0.29, 0.717) is 6.42 Å². The topological polar surface area (TPSA) is 44.4 Å². The molecule has 1 aliphatic heterocycles. The number of likely N-dealkylation sites (tertiary alicyclic amines) is 1. The lowest BCUT2D eigenvalue weighted by molar-refractivity contribution is -0.115. The molecule has 1 atom stereocenters. The first kappa shape index (κ1) is 14.9. The van der Waals surface area contributed by atoms with Gasteiger partial charge in [0, 0.05) is 30.9 Å². The fourth-order valence-electron chi connectivity index (χ4n) is 2.62. The zero-order chi connectivity index (χ0) is 14.4. The van der Waals surface area contributed by atoms with Crippen molar-refractivity contribution >= 4 is 17.3 Å². The normalized spacial score (nSPS) is 19.6. The van der Waals surface area contributed by atoms with Crippen molar-refractivity contribution < 1.29 is 4.79 Å². The summed E-state index contributed by atoms with van der Waals surface area (Å²) in [6, 6.07) is 7.95. The molecule has 4 heteroatoms. The molecule has 20 heavy (non-hydrogen) atoms. The highest BCUT2D eigenvalue weighted by molar-refractivity contribution is 5.90. The Morgan fingerprint density at radius 1 is 1.30 bits per heavy atom. The number of anilines is 2. The maximum Gasteiger partial charge on any atom is 0.224 e. The average molecular weight is 275 g/mol. The predicted octanol–water partition coefficient (Wildman–Crippen LogP) is 2.79. The van der Waals surface area contributed by atoms with Crippen molar-refractivity contribution in [1.82, 2.24) is 4.90 Å². The summed E-state index contributed by atoms with van der Waals surface area (Å²) in [6.07, 6.45) is 3.11. The summed E-state index contributed by atoms with van der Waals surface area (Å²) in [4.78, 5) is 13.7. The van der Waals surface area contributed by atoms with Gasteiger partial charge in [-0.3, -0.25) is 4.79 Å². The molecule has 1 amide bonds.